The summed E-state index contributed by atoms with van der Waals surface area (Å²) >= 11 is 0. The van der Waals surface area contributed by atoms with Gasteiger partial charge in [0, 0.05) is 52.3 Å². The maximum atomic E-state index is 5.52. The van der Waals surface area contributed by atoms with E-state index in [1.54, 1.807) is 0 Å². The van der Waals surface area contributed by atoms with Gasteiger partial charge in [0.25, 0.3) is 0 Å². The van der Waals surface area contributed by atoms with E-state index in [4.69, 9.17) is 9.73 Å². The van der Waals surface area contributed by atoms with E-state index in [0.717, 1.165) is 45.2 Å². The molecule has 0 unspecified atom stereocenters. The minimum atomic E-state index is 0.391. The summed E-state index contributed by atoms with van der Waals surface area (Å²) < 4.78 is 7.67. The molecule has 5 nitrogen and oxygen atoms in total. The van der Waals surface area contributed by atoms with E-state index in [2.05, 4.69) is 61.1 Å². The Labute approximate surface area is 140 Å². The average molecular weight is 320 g/mol. The van der Waals surface area contributed by atoms with E-state index in [1.165, 1.54) is 18.5 Å². The molecule has 1 aromatic heterocycles. The van der Waals surface area contributed by atoms with Gasteiger partial charge in [-0.05, 0) is 50.7 Å². The Morgan fingerprint density at radius 1 is 1.43 bits per heavy atom. The summed E-state index contributed by atoms with van der Waals surface area (Å²) in [5, 5.41) is 3.42. The van der Waals surface area contributed by atoms with Crippen molar-refractivity contribution in [3.63, 3.8) is 0 Å². The van der Waals surface area contributed by atoms with Crippen LogP contribution in [0.25, 0.3) is 0 Å². The third kappa shape index (κ3) is 5.27. The van der Waals surface area contributed by atoms with Gasteiger partial charge in [0.2, 0.25) is 0 Å². The van der Waals surface area contributed by atoms with Crippen LogP contribution in [-0.4, -0.2) is 48.8 Å². The summed E-state index contributed by atoms with van der Waals surface area (Å²) in [6, 6.07) is 4.24. The second-order valence-electron chi connectivity index (χ2n) is 6.58. The minimum absolute atomic E-state index is 0.391. The van der Waals surface area contributed by atoms with E-state index in [1.807, 2.05) is 0 Å². The third-order valence-corrected chi connectivity index (χ3v) is 4.65. The van der Waals surface area contributed by atoms with Crippen molar-refractivity contribution in [3.05, 3.63) is 24.0 Å². The van der Waals surface area contributed by atoms with E-state index < -0.39 is 0 Å². The van der Waals surface area contributed by atoms with Gasteiger partial charge in [-0.25, -0.2) is 0 Å². The molecular weight excluding hydrogens is 288 g/mol. The molecule has 0 aliphatic heterocycles. The molecule has 1 N–H and O–H groups in total. The van der Waals surface area contributed by atoms with Crippen LogP contribution in [0, 0.1) is 5.41 Å². The van der Waals surface area contributed by atoms with Crippen molar-refractivity contribution in [1.29, 1.82) is 0 Å². The smallest absolute Gasteiger partial charge is 0.194 e. The monoisotopic (exact) mass is 320 g/mol. The van der Waals surface area contributed by atoms with Crippen LogP contribution in [0.2, 0.25) is 0 Å². The largest absolute Gasteiger partial charge is 0.382 e. The van der Waals surface area contributed by atoms with E-state index >= 15 is 0 Å². The Kier molecular flexibility index (Phi) is 6.51. The lowest BCUT2D eigenvalue weighted by Crippen LogP contribution is -2.39. The zero-order valence-corrected chi connectivity index (χ0v) is 15.1. The first-order valence-electron chi connectivity index (χ1n) is 8.77. The first-order valence-corrected chi connectivity index (χ1v) is 8.77. The van der Waals surface area contributed by atoms with Crippen molar-refractivity contribution in [3.8, 4) is 0 Å². The lowest BCUT2D eigenvalue weighted by Gasteiger charge is -2.23. The van der Waals surface area contributed by atoms with Crippen molar-refractivity contribution in [1.82, 2.24) is 14.8 Å². The van der Waals surface area contributed by atoms with Crippen LogP contribution < -0.4 is 5.32 Å². The average Bonchev–Trinajstić information content (AvgIpc) is 3.19. The normalized spacial score (nSPS) is 16.4. The highest BCUT2D eigenvalue weighted by molar-refractivity contribution is 5.79. The van der Waals surface area contributed by atoms with Crippen LogP contribution in [0.3, 0.4) is 0 Å². The first kappa shape index (κ1) is 17.9. The molecule has 0 amide bonds. The Balaban J connectivity index is 1.92. The fraction of sp³-hybridized carbons (Fsp3) is 0.722. The second-order valence-corrected chi connectivity index (χ2v) is 6.58. The van der Waals surface area contributed by atoms with Gasteiger partial charge in [-0.2, -0.15) is 0 Å². The maximum Gasteiger partial charge on any atom is 0.194 e. The van der Waals surface area contributed by atoms with Crippen molar-refractivity contribution in [2.24, 2.45) is 17.5 Å². The number of rotatable bonds is 9. The highest BCUT2D eigenvalue weighted by Crippen LogP contribution is 2.49. The predicted octanol–water partition coefficient (Wildman–Crippen LogP) is 2.63. The number of aliphatic imine (C=N–C) groups is 1. The predicted molar refractivity (Wildman–Crippen MR) is 95.6 cm³/mol. The number of ether oxygens (including phenoxy) is 1. The van der Waals surface area contributed by atoms with Gasteiger partial charge in [0.15, 0.2) is 5.96 Å². The highest BCUT2D eigenvalue weighted by atomic mass is 16.5. The molecule has 1 aromatic rings. The van der Waals surface area contributed by atoms with Gasteiger partial charge in [-0.1, -0.05) is 0 Å². The molecule has 5 heteroatoms. The quantitative estimate of drug-likeness (QED) is 0.432. The van der Waals surface area contributed by atoms with Gasteiger partial charge in [-0.15, -0.1) is 0 Å². The summed E-state index contributed by atoms with van der Waals surface area (Å²) in [5.41, 5.74) is 1.68. The molecule has 0 bridgehead atoms. The topological polar surface area (TPSA) is 41.8 Å². The summed E-state index contributed by atoms with van der Waals surface area (Å²) in [6.07, 6.45) is 5.78. The summed E-state index contributed by atoms with van der Waals surface area (Å²) in [4.78, 5) is 7.11. The van der Waals surface area contributed by atoms with Crippen molar-refractivity contribution >= 4 is 5.96 Å². The molecule has 0 radical (unpaired) electrons. The van der Waals surface area contributed by atoms with Crippen LogP contribution in [0.1, 0.15) is 38.8 Å². The fourth-order valence-electron chi connectivity index (χ4n) is 2.79. The van der Waals surface area contributed by atoms with Gasteiger partial charge < -0.3 is 19.5 Å². The van der Waals surface area contributed by atoms with E-state index in [0.29, 0.717) is 5.41 Å². The van der Waals surface area contributed by atoms with Gasteiger partial charge >= 0.3 is 0 Å². The SMILES string of the molecule is CCNC(=NCC1(CCOCC)CC1)N(C)Cc1cccn1C. The zero-order chi connectivity index (χ0) is 16.7. The first-order chi connectivity index (χ1) is 11.1. The lowest BCUT2D eigenvalue weighted by molar-refractivity contribution is 0.129. The lowest BCUT2D eigenvalue weighted by atomic mass is 10.0. The third-order valence-electron chi connectivity index (χ3n) is 4.65. The molecule has 1 aliphatic rings. The molecule has 1 aliphatic carbocycles. The van der Waals surface area contributed by atoms with Crippen LogP contribution in [0.15, 0.2) is 23.3 Å². The molecule has 1 saturated carbocycles. The minimum Gasteiger partial charge on any atom is -0.382 e. The Bertz CT molecular complexity index is 505. The summed E-state index contributed by atoms with van der Waals surface area (Å²) in [5.74, 6) is 0.997. The zero-order valence-electron chi connectivity index (χ0n) is 15.1. The van der Waals surface area contributed by atoms with Crippen LogP contribution in [0.4, 0.5) is 0 Å². The number of aromatic nitrogens is 1. The molecular formula is C18H32N4O. The maximum absolute atomic E-state index is 5.52. The fourth-order valence-corrected chi connectivity index (χ4v) is 2.79. The molecule has 1 heterocycles. The standard InChI is InChI=1S/C18H32N4O/c1-5-19-17(22(4)14-16-8-7-12-21(16)3)20-15-18(9-10-18)11-13-23-6-2/h7-8,12H,5-6,9-11,13-15H2,1-4H3,(H,19,20). The molecule has 1 fully saturated rings. The molecule has 0 saturated heterocycles. The van der Waals surface area contributed by atoms with Crippen LogP contribution in [-0.2, 0) is 18.3 Å². The number of hydrogen-bond donors (Lipinski definition) is 1. The highest BCUT2D eigenvalue weighted by Gasteiger charge is 2.42. The molecule has 0 atom stereocenters. The molecule has 2 rings (SSSR count). The molecule has 0 aromatic carbocycles. The van der Waals surface area contributed by atoms with Gasteiger partial charge in [0.1, 0.15) is 0 Å². The molecule has 23 heavy (non-hydrogen) atoms. The molecule has 130 valence electrons. The number of hydrogen-bond acceptors (Lipinski definition) is 2. The van der Waals surface area contributed by atoms with Crippen molar-refractivity contribution in [2.45, 2.75) is 39.7 Å². The van der Waals surface area contributed by atoms with Crippen molar-refractivity contribution < 1.29 is 4.74 Å². The number of aryl methyl sites for hydroxylation is 1. The van der Waals surface area contributed by atoms with Crippen LogP contribution >= 0.6 is 0 Å². The number of nitrogens with one attached hydrogen (secondary N) is 1. The Morgan fingerprint density at radius 3 is 2.78 bits per heavy atom. The van der Waals surface area contributed by atoms with Crippen LogP contribution in [0.5, 0.6) is 0 Å². The molecule has 0 spiro atoms. The summed E-state index contributed by atoms with van der Waals surface area (Å²) in [7, 11) is 4.19. The summed E-state index contributed by atoms with van der Waals surface area (Å²) in [6.45, 7) is 8.50. The number of nitrogens with zero attached hydrogens (tertiary/aromatic N) is 3. The Morgan fingerprint density at radius 2 is 2.22 bits per heavy atom. The van der Waals surface area contributed by atoms with E-state index in [9.17, 15) is 0 Å². The Hall–Kier alpha value is -1.49. The van der Waals surface area contributed by atoms with Gasteiger partial charge in [0.05, 0.1) is 6.54 Å². The van der Waals surface area contributed by atoms with Gasteiger partial charge in [-0.3, -0.25) is 4.99 Å². The second kappa shape index (κ2) is 8.39. The van der Waals surface area contributed by atoms with Crippen molar-refractivity contribution in [2.75, 3.05) is 33.4 Å². The van der Waals surface area contributed by atoms with E-state index in [-0.39, 0.29) is 0 Å². The number of guanidine groups is 1.